The lowest BCUT2D eigenvalue weighted by Gasteiger charge is -2.35. The van der Waals surface area contributed by atoms with E-state index in [-0.39, 0.29) is 5.91 Å². The number of ether oxygens (including phenoxy) is 3. The molecule has 0 aliphatic carbocycles. The van der Waals surface area contributed by atoms with E-state index in [1.165, 1.54) is 0 Å². The molecule has 0 saturated carbocycles. The number of hydrogen-bond acceptors (Lipinski definition) is 5. The van der Waals surface area contributed by atoms with Gasteiger partial charge >= 0.3 is 0 Å². The molecule has 0 unspecified atom stereocenters. The quantitative estimate of drug-likeness (QED) is 0.677. The lowest BCUT2D eigenvalue weighted by atomic mass is 10.1. The minimum Gasteiger partial charge on any atom is -0.493 e. The Labute approximate surface area is 174 Å². The van der Waals surface area contributed by atoms with Gasteiger partial charge in [-0.2, -0.15) is 0 Å². The summed E-state index contributed by atoms with van der Waals surface area (Å²) in [5.41, 5.74) is 1.74. The smallest absolute Gasteiger partial charge is 0.255 e. The van der Waals surface area contributed by atoms with Gasteiger partial charge in [0.2, 0.25) is 5.75 Å². The predicted octanol–water partition coefficient (Wildman–Crippen LogP) is 3.43. The number of carbonyl (C=O) groups excluding carboxylic acids is 1. The van der Waals surface area contributed by atoms with Gasteiger partial charge < -0.3 is 19.1 Å². The first-order valence-corrected chi connectivity index (χ1v) is 9.92. The van der Waals surface area contributed by atoms with Gasteiger partial charge in [-0.1, -0.05) is 18.2 Å². The van der Waals surface area contributed by atoms with Crippen LogP contribution in [-0.4, -0.2) is 63.2 Å². The van der Waals surface area contributed by atoms with Crippen molar-refractivity contribution in [3.63, 3.8) is 0 Å². The van der Waals surface area contributed by atoms with Crippen molar-refractivity contribution in [1.29, 1.82) is 0 Å². The minimum absolute atomic E-state index is 0.0656. The summed E-state index contributed by atoms with van der Waals surface area (Å²) >= 11 is 3.47. The summed E-state index contributed by atoms with van der Waals surface area (Å²) in [7, 11) is 4.85. The van der Waals surface area contributed by atoms with Crippen molar-refractivity contribution in [3.8, 4) is 17.2 Å². The summed E-state index contributed by atoms with van der Waals surface area (Å²) in [6.45, 7) is 3.70. The SMILES string of the molecule is COc1ccc(CN2CCN(C(=O)c3ccccc3Br)CC2)c(OC)c1OC. The molecule has 3 rings (SSSR count). The first-order chi connectivity index (χ1) is 13.6. The van der Waals surface area contributed by atoms with Crippen LogP contribution in [0.15, 0.2) is 40.9 Å². The van der Waals surface area contributed by atoms with Gasteiger partial charge in [0.15, 0.2) is 11.5 Å². The van der Waals surface area contributed by atoms with Crippen LogP contribution in [0, 0.1) is 0 Å². The fraction of sp³-hybridized carbons (Fsp3) is 0.381. The number of rotatable bonds is 6. The summed E-state index contributed by atoms with van der Waals surface area (Å²) in [4.78, 5) is 17.0. The molecule has 1 amide bonds. The number of hydrogen-bond donors (Lipinski definition) is 0. The van der Waals surface area contributed by atoms with E-state index in [1.54, 1.807) is 21.3 Å². The van der Waals surface area contributed by atoms with Gasteiger partial charge in [-0.3, -0.25) is 9.69 Å². The Morgan fingerprint density at radius 3 is 2.21 bits per heavy atom. The van der Waals surface area contributed by atoms with Gasteiger partial charge in [-0.05, 0) is 34.1 Å². The Kier molecular flexibility index (Phi) is 6.80. The molecule has 150 valence electrons. The van der Waals surface area contributed by atoms with Gasteiger partial charge in [-0.15, -0.1) is 0 Å². The van der Waals surface area contributed by atoms with Crippen LogP contribution in [0.2, 0.25) is 0 Å². The highest BCUT2D eigenvalue weighted by Crippen LogP contribution is 2.40. The Hall–Kier alpha value is -2.25. The first-order valence-electron chi connectivity index (χ1n) is 9.13. The van der Waals surface area contributed by atoms with Crippen molar-refractivity contribution >= 4 is 21.8 Å². The molecule has 0 aromatic heterocycles. The van der Waals surface area contributed by atoms with Crippen LogP contribution >= 0.6 is 15.9 Å². The van der Waals surface area contributed by atoms with E-state index in [1.807, 2.05) is 41.3 Å². The Morgan fingerprint density at radius 1 is 0.929 bits per heavy atom. The number of halogens is 1. The molecule has 28 heavy (non-hydrogen) atoms. The second-order valence-corrected chi connectivity index (χ2v) is 7.40. The standard InChI is InChI=1S/C21H25BrN2O4/c1-26-18-9-8-15(19(27-2)20(18)28-3)14-23-10-12-24(13-11-23)21(25)16-6-4-5-7-17(16)22/h4-9H,10-14H2,1-3H3. The largest absolute Gasteiger partial charge is 0.493 e. The highest BCUT2D eigenvalue weighted by Gasteiger charge is 2.25. The lowest BCUT2D eigenvalue weighted by Crippen LogP contribution is -2.48. The third kappa shape index (κ3) is 4.25. The number of carbonyl (C=O) groups is 1. The molecule has 1 aliphatic heterocycles. The first kappa shape index (κ1) is 20.5. The number of amides is 1. The van der Waals surface area contributed by atoms with E-state index >= 15 is 0 Å². The van der Waals surface area contributed by atoms with Crippen LogP contribution < -0.4 is 14.2 Å². The molecule has 2 aromatic carbocycles. The van der Waals surface area contributed by atoms with E-state index in [2.05, 4.69) is 20.8 Å². The summed E-state index contributed by atoms with van der Waals surface area (Å²) in [6.07, 6.45) is 0. The molecule has 0 N–H and O–H groups in total. The molecular weight excluding hydrogens is 424 g/mol. The van der Waals surface area contributed by atoms with E-state index in [9.17, 15) is 4.79 Å². The van der Waals surface area contributed by atoms with Crippen molar-refractivity contribution in [3.05, 3.63) is 52.0 Å². The Bertz CT molecular complexity index is 835. The molecule has 7 heteroatoms. The van der Waals surface area contributed by atoms with Crippen LogP contribution in [0.3, 0.4) is 0 Å². The zero-order valence-electron chi connectivity index (χ0n) is 16.4. The number of piperazine rings is 1. The second-order valence-electron chi connectivity index (χ2n) is 6.54. The highest BCUT2D eigenvalue weighted by atomic mass is 79.9. The van der Waals surface area contributed by atoms with E-state index in [4.69, 9.17) is 14.2 Å². The molecule has 6 nitrogen and oxygen atoms in total. The minimum atomic E-state index is 0.0656. The average Bonchev–Trinajstić information content (AvgIpc) is 2.73. The van der Waals surface area contributed by atoms with Gasteiger partial charge in [0.05, 0.1) is 26.9 Å². The van der Waals surface area contributed by atoms with Crippen LogP contribution in [-0.2, 0) is 6.54 Å². The maximum Gasteiger partial charge on any atom is 0.255 e. The van der Waals surface area contributed by atoms with Crippen molar-refractivity contribution in [2.45, 2.75) is 6.54 Å². The molecular formula is C21H25BrN2O4. The van der Waals surface area contributed by atoms with Crippen molar-refractivity contribution in [2.24, 2.45) is 0 Å². The topological polar surface area (TPSA) is 51.2 Å². The molecule has 1 saturated heterocycles. The summed E-state index contributed by atoms with van der Waals surface area (Å²) in [5.74, 6) is 2.00. The highest BCUT2D eigenvalue weighted by molar-refractivity contribution is 9.10. The van der Waals surface area contributed by atoms with E-state index in [0.29, 0.717) is 35.9 Å². The van der Waals surface area contributed by atoms with Crippen LogP contribution in [0.25, 0.3) is 0 Å². The Balaban J connectivity index is 1.66. The number of benzene rings is 2. The van der Waals surface area contributed by atoms with Gasteiger partial charge in [0.25, 0.3) is 5.91 Å². The van der Waals surface area contributed by atoms with Crippen molar-refractivity contribution in [1.82, 2.24) is 9.80 Å². The second kappa shape index (κ2) is 9.30. The fourth-order valence-electron chi connectivity index (χ4n) is 3.44. The van der Waals surface area contributed by atoms with Crippen LogP contribution in [0.5, 0.6) is 17.2 Å². The van der Waals surface area contributed by atoms with E-state index in [0.717, 1.165) is 29.7 Å². The summed E-state index contributed by atoms with van der Waals surface area (Å²) in [5, 5.41) is 0. The Morgan fingerprint density at radius 2 is 1.61 bits per heavy atom. The maximum atomic E-state index is 12.8. The van der Waals surface area contributed by atoms with E-state index < -0.39 is 0 Å². The molecule has 0 spiro atoms. The summed E-state index contributed by atoms with van der Waals surface area (Å²) in [6, 6.07) is 11.4. The molecule has 2 aromatic rings. The normalized spacial score (nSPS) is 14.6. The molecule has 1 fully saturated rings. The number of methoxy groups -OCH3 is 3. The lowest BCUT2D eigenvalue weighted by molar-refractivity contribution is 0.0626. The molecule has 0 radical (unpaired) electrons. The third-order valence-corrected chi connectivity index (χ3v) is 5.63. The van der Waals surface area contributed by atoms with Crippen LogP contribution in [0.1, 0.15) is 15.9 Å². The van der Waals surface area contributed by atoms with Crippen molar-refractivity contribution < 1.29 is 19.0 Å². The monoisotopic (exact) mass is 448 g/mol. The third-order valence-electron chi connectivity index (χ3n) is 4.94. The predicted molar refractivity (Wildman–Crippen MR) is 111 cm³/mol. The van der Waals surface area contributed by atoms with Crippen molar-refractivity contribution in [2.75, 3.05) is 47.5 Å². The van der Waals surface area contributed by atoms with Crippen LogP contribution in [0.4, 0.5) is 0 Å². The fourth-order valence-corrected chi connectivity index (χ4v) is 3.90. The molecule has 1 heterocycles. The van der Waals surface area contributed by atoms with Gasteiger partial charge in [0, 0.05) is 42.8 Å². The number of nitrogens with zero attached hydrogens (tertiary/aromatic N) is 2. The summed E-state index contributed by atoms with van der Waals surface area (Å²) < 4.78 is 17.2. The molecule has 0 bridgehead atoms. The van der Waals surface area contributed by atoms with Gasteiger partial charge in [0.1, 0.15) is 0 Å². The maximum absolute atomic E-state index is 12.8. The molecule has 0 atom stereocenters. The van der Waals surface area contributed by atoms with Gasteiger partial charge in [-0.25, -0.2) is 0 Å². The zero-order valence-corrected chi connectivity index (χ0v) is 18.0. The zero-order chi connectivity index (χ0) is 20.1. The average molecular weight is 449 g/mol. The molecule has 1 aliphatic rings.